The van der Waals surface area contributed by atoms with Crippen molar-refractivity contribution in [2.75, 3.05) is 26.4 Å². The number of hydrogen-bond donors (Lipinski definition) is 5. The molecule has 0 unspecified atom stereocenters. The zero-order chi connectivity index (χ0) is 35.9. The molecule has 0 amide bonds. The standard InChI is InChI=1S/C20H30O5.C20H28O4/c1-12-4-7-16-19(2,9-8-17(23)20(16,3)11-21)14(12)6-5-13-15(22)10-25-18(13)24;1-13-4-7-16-19(2,10-8-17(22)20(16,3)12-21)15(13)6-5-14-9-11-24-18(14)23/h5,14-17,21-23H,1,4,6-11H2,2-3H3;5-6,9,15-17,21-22H,1,4,7-8,10-12H2,2-3H3/b13-5+;6-5+/t14-,15-,16+,17-,19+,20+;15-,16+,17-,19+,20+/m11/s1. The highest BCUT2D eigenvalue weighted by atomic mass is 16.6. The molecule has 0 spiro atoms. The highest BCUT2D eigenvalue weighted by Crippen LogP contribution is 2.63. The zero-order valence-corrected chi connectivity index (χ0v) is 29.8. The van der Waals surface area contributed by atoms with Crippen molar-refractivity contribution in [3.8, 4) is 0 Å². The first-order valence-electron chi connectivity index (χ1n) is 18.1. The Labute approximate surface area is 291 Å². The monoisotopic (exact) mass is 682 g/mol. The number of rotatable bonds is 6. The number of ether oxygens (including phenoxy) is 2. The minimum Gasteiger partial charge on any atom is -0.459 e. The van der Waals surface area contributed by atoms with E-state index in [1.807, 2.05) is 26.0 Å². The van der Waals surface area contributed by atoms with Crippen LogP contribution in [0.15, 0.2) is 59.8 Å². The Morgan fingerprint density at radius 2 is 1.39 bits per heavy atom. The van der Waals surface area contributed by atoms with Gasteiger partial charge in [-0.3, -0.25) is 0 Å². The highest BCUT2D eigenvalue weighted by Gasteiger charge is 2.58. The van der Waals surface area contributed by atoms with Crippen molar-refractivity contribution in [3.05, 3.63) is 59.8 Å². The quantitative estimate of drug-likeness (QED) is 0.152. The van der Waals surface area contributed by atoms with Crippen molar-refractivity contribution in [1.29, 1.82) is 0 Å². The summed E-state index contributed by atoms with van der Waals surface area (Å²) < 4.78 is 9.85. The molecule has 9 heteroatoms. The predicted molar refractivity (Wildman–Crippen MR) is 186 cm³/mol. The summed E-state index contributed by atoms with van der Waals surface area (Å²) in [6.07, 6.45) is 13.1. The number of carbonyl (C=O) groups excluding carboxylic acids is 2. The average Bonchev–Trinajstić information content (AvgIpc) is 3.63. The van der Waals surface area contributed by atoms with Gasteiger partial charge in [-0.05, 0) is 92.4 Å². The summed E-state index contributed by atoms with van der Waals surface area (Å²) in [4.78, 5) is 23.4. The number of carbonyl (C=O) groups is 2. The fourth-order valence-electron chi connectivity index (χ4n) is 10.8. The molecule has 49 heavy (non-hydrogen) atoms. The predicted octanol–water partition coefficient (Wildman–Crippen LogP) is 4.73. The van der Waals surface area contributed by atoms with Gasteiger partial charge in [-0.2, -0.15) is 0 Å². The molecule has 4 saturated carbocycles. The van der Waals surface area contributed by atoms with Crippen LogP contribution < -0.4 is 0 Å². The number of hydrogen-bond acceptors (Lipinski definition) is 9. The van der Waals surface area contributed by atoms with Crippen molar-refractivity contribution in [2.45, 2.75) is 104 Å². The maximum Gasteiger partial charge on any atom is 0.338 e. The molecule has 2 aliphatic heterocycles. The molecular weight excluding hydrogens is 624 g/mol. The molecule has 1 saturated heterocycles. The molecule has 5 N–H and O–H groups in total. The highest BCUT2D eigenvalue weighted by molar-refractivity contribution is 5.93. The third-order valence-electron chi connectivity index (χ3n) is 14.0. The van der Waals surface area contributed by atoms with Gasteiger partial charge in [-0.1, -0.05) is 70.2 Å². The van der Waals surface area contributed by atoms with Crippen LogP contribution in [0.25, 0.3) is 0 Å². The van der Waals surface area contributed by atoms with Gasteiger partial charge in [-0.25, -0.2) is 9.59 Å². The molecule has 6 rings (SSSR count). The first-order valence-corrected chi connectivity index (χ1v) is 18.1. The number of allylic oxidation sites excluding steroid dienone is 4. The lowest BCUT2D eigenvalue weighted by molar-refractivity contribution is -0.151. The lowest BCUT2D eigenvalue weighted by Gasteiger charge is -2.59. The van der Waals surface area contributed by atoms with Crippen LogP contribution in [-0.2, 0) is 19.1 Å². The van der Waals surface area contributed by atoms with Gasteiger partial charge >= 0.3 is 11.9 Å². The van der Waals surface area contributed by atoms with E-state index < -0.39 is 35.1 Å². The van der Waals surface area contributed by atoms with E-state index >= 15 is 0 Å². The topological polar surface area (TPSA) is 154 Å². The number of esters is 2. The van der Waals surface area contributed by atoms with E-state index in [0.717, 1.165) is 44.1 Å². The molecule has 2 heterocycles. The van der Waals surface area contributed by atoms with Crippen molar-refractivity contribution in [2.24, 2.45) is 45.3 Å². The van der Waals surface area contributed by atoms with E-state index in [0.29, 0.717) is 37.0 Å². The minimum absolute atomic E-state index is 0.00515. The van der Waals surface area contributed by atoms with Gasteiger partial charge in [0, 0.05) is 16.7 Å². The van der Waals surface area contributed by atoms with Crippen LogP contribution in [0.1, 0.15) is 85.5 Å². The van der Waals surface area contributed by atoms with Crippen LogP contribution in [-0.4, -0.2) is 82.2 Å². The van der Waals surface area contributed by atoms with E-state index in [2.05, 4.69) is 33.1 Å². The Balaban J connectivity index is 0.000000191. The van der Waals surface area contributed by atoms with Crippen molar-refractivity contribution in [1.82, 2.24) is 0 Å². The van der Waals surface area contributed by atoms with Gasteiger partial charge in [0.2, 0.25) is 0 Å². The first-order chi connectivity index (χ1) is 23.1. The van der Waals surface area contributed by atoms with E-state index in [1.54, 1.807) is 6.08 Å². The summed E-state index contributed by atoms with van der Waals surface area (Å²) in [5, 5.41) is 50.9. The van der Waals surface area contributed by atoms with E-state index in [-0.39, 0.29) is 60.3 Å². The van der Waals surface area contributed by atoms with E-state index in [1.165, 1.54) is 5.57 Å². The zero-order valence-electron chi connectivity index (χ0n) is 29.8. The van der Waals surface area contributed by atoms with E-state index in [9.17, 15) is 35.1 Å². The van der Waals surface area contributed by atoms with Gasteiger partial charge in [0.25, 0.3) is 0 Å². The number of aliphatic hydroxyl groups is 5. The molecular formula is C40H58O9. The Morgan fingerprint density at radius 3 is 1.92 bits per heavy atom. The second kappa shape index (κ2) is 14.2. The molecule has 0 aromatic heterocycles. The van der Waals surface area contributed by atoms with Gasteiger partial charge in [0.15, 0.2) is 0 Å². The summed E-state index contributed by atoms with van der Waals surface area (Å²) in [6.45, 7) is 17.4. The summed E-state index contributed by atoms with van der Waals surface area (Å²) in [5.41, 5.74) is 2.15. The molecule has 272 valence electrons. The number of cyclic esters (lactones) is 2. The molecule has 4 aliphatic carbocycles. The second-order valence-electron chi connectivity index (χ2n) is 16.6. The van der Waals surface area contributed by atoms with Crippen molar-refractivity contribution >= 4 is 11.9 Å². The van der Waals surface area contributed by atoms with Crippen LogP contribution in [0.4, 0.5) is 0 Å². The second-order valence-corrected chi connectivity index (χ2v) is 16.6. The molecule has 0 aromatic carbocycles. The summed E-state index contributed by atoms with van der Waals surface area (Å²) in [5.74, 6) is 0.0247. The van der Waals surface area contributed by atoms with Crippen molar-refractivity contribution in [3.63, 3.8) is 0 Å². The summed E-state index contributed by atoms with van der Waals surface area (Å²) >= 11 is 0. The lowest BCUT2D eigenvalue weighted by atomic mass is 9.46. The third-order valence-corrected chi connectivity index (χ3v) is 14.0. The normalized spacial score (nSPS) is 44.6. The van der Waals surface area contributed by atoms with Crippen LogP contribution in [0.5, 0.6) is 0 Å². The minimum atomic E-state index is -0.844. The van der Waals surface area contributed by atoms with Gasteiger partial charge in [0.05, 0.1) is 36.6 Å². The molecule has 0 aromatic rings. The fourth-order valence-corrected chi connectivity index (χ4v) is 10.8. The SMILES string of the molecule is C=C1CC[C@@H]2[C@](C)(CO)[C@H](O)CC[C@@]2(C)[C@@H]1/C=C/C1=CCOC1=O.C=C1CC[C@@H]2[C@](C)(CO)[C@H](O)CC[C@@]2(C)[C@@H]1C/C=C1/C(=O)OC[C@H]1O. The smallest absolute Gasteiger partial charge is 0.338 e. The van der Waals surface area contributed by atoms with Crippen molar-refractivity contribution < 1.29 is 44.6 Å². The maximum absolute atomic E-state index is 11.8. The largest absolute Gasteiger partial charge is 0.459 e. The third kappa shape index (κ3) is 6.55. The van der Waals surface area contributed by atoms with E-state index in [4.69, 9.17) is 9.47 Å². The lowest BCUT2D eigenvalue weighted by Crippen LogP contribution is -2.57. The summed E-state index contributed by atoms with van der Waals surface area (Å²) in [6, 6.07) is 0. The van der Waals surface area contributed by atoms with Gasteiger partial charge in [0.1, 0.15) is 19.3 Å². The fraction of sp³-hybridized carbons (Fsp3) is 0.700. The molecule has 0 radical (unpaired) electrons. The molecule has 6 aliphatic rings. The van der Waals surface area contributed by atoms with Gasteiger partial charge < -0.3 is 35.0 Å². The number of aliphatic hydroxyl groups excluding tert-OH is 5. The molecule has 0 bridgehead atoms. The molecule has 5 fully saturated rings. The Bertz CT molecular complexity index is 1410. The molecule has 9 nitrogen and oxygen atoms in total. The van der Waals surface area contributed by atoms with Crippen LogP contribution >= 0.6 is 0 Å². The van der Waals surface area contributed by atoms with Crippen LogP contribution in [0.2, 0.25) is 0 Å². The first kappa shape index (κ1) is 37.7. The van der Waals surface area contributed by atoms with Gasteiger partial charge in [-0.15, -0.1) is 0 Å². The maximum atomic E-state index is 11.8. The Morgan fingerprint density at radius 1 is 0.816 bits per heavy atom. The molecule has 11 atom stereocenters. The number of fused-ring (bicyclic) bond motifs is 2. The average molecular weight is 683 g/mol. The Hall–Kier alpha value is -2.56. The Kier molecular flexibility index (Phi) is 10.9. The summed E-state index contributed by atoms with van der Waals surface area (Å²) in [7, 11) is 0. The van der Waals surface area contributed by atoms with Crippen LogP contribution in [0, 0.1) is 45.3 Å². The van der Waals surface area contributed by atoms with Crippen LogP contribution in [0.3, 0.4) is 0 Å².